The van der Waals surface area contributed by atoms with Gasteiger partial charge in [-0.3, -0.25) is 0 Å². The Bertz CT molecular complexity index is 287. The Labute approximate surface area is 86.8 Å². The van der Waals surface area contributed by atoms with Gasteiger partial charge in [0, 0.05) is 11.9 Å². The average molecular weight is 222 g/mol. The largest absolute Gasteiger partial charge is 0.312 e. The van der Waals surface area contributed by atoms with E-state index in [1.165, 1.54) is 6.07 Å². The Balaban J connectivity index is 2.95. The molecular weight excluding hydrogens is 212 g/mol. The summed E-state index contributed by atoms with van der Waals surface area (Å²) in [6, 6.07) is 4.61. The van der Waals surface area contributed by atoms with Gasteiger partial charge >= 0.3 is 0 Å². The van der Waals surface area contributed by atoms with Crippen LogP contribution in [-0.2, 0) is 0 Å². The minimum Gasteiger partial charge on any atom is -0.312 e. The summed E-state index contributed by atoms with van der Waals surface area (Å²) in [5.41, 5.74) is 0.893. The van der Waals surface area contributed by atoms with Gasteiger partial charge in [-0.25, -0.2) is 4.39 Å². The molecule has 1 aromatic carbocycles. The molecule has 0 saturated heterocycles. The monoisotopic (exact) mass is 221 g/mol. The molecule has 0 aliphatic heterocycles. The third kappa shape index (κ3) is 2.56. The molecule has 0 spiro atoms. The number of hydrogen-bond donors (Lipinski definition) is 1. The van der Waals surface area contributed by atoms with E-state index in [1.807, 2.05) is 0 Å². The smallest absolute Gasteiger partial charge is 0.141 e. The molecule has 0 bridgehead atoms. The van der Waals surface area contributed by atoms with Crippen molar-refractivity contribution in [3.8, 4) is 0 Å². The van der Waals surface area contributed by atoms with Crippen LogP contribution in [0, 0.1) is 5.82 Å². The second-order valence-electron chi connectivity index (χ2n) is 2.67. The molecule has 0 radical (unpaired) electrons. The Morgan fingerprint density at radius 2 is 2.23 bits per heavy atom. The van der Waals surface area contributed by atoms with E-state index in [4.69, 9.17) is 23.2 Å². The molecular formula is C9H10Cl2FN. The summed E-state index contributed by atoms with van der Waals surface area (Å²) in [5, 5.41) is 3.13. The predicted molar refractivity (Wildman–Crippen MR) is 53.9 cm³/mol. The Morgan fingerprint density at radius 1 is 1.54 bits per heavy atom. The fourth-order valence-corrected chi connectivity index (χ4v) is 1.58. The lowest BCUT2D eigenvalue weighted by Crippen LogP contribution is -2.17. The summed E-state index contributed by atoms with van der Waals surface area (Å²) in [7, 11) is 1.80. The number of hydrogen-bond acceptors (Lipinski definition) is 1. The average Bonchev–Trinajstić information content (AvgIpc) is 2.13. The minimum absolute atomic E-state index is 0.0137. The van der Waals surface area contributed by atoms with E-state index in [1.54, 1.807) is 19.2 Å². The summed E-state index contributed by atoms with van der Waals surface area (Å²) in [6.45, 7) is 0. The van der Waals surface area contributed by atoms with Crippen molar-refractivity contribution >= 4 is 23.2 Å². The lowest BCUT2D eigenvalue weighted by molar-refractivity contribution is 0.620. The first-order chi connectivity index (χ1) is 6.19. The number of halogens is 3. The summed E-state index contributed by atoms with van der Waals surface area (Å²) >= 11 is 11.3. The van der Waals surface area contributed by atoms with Gasteiger partial charge in [-0.05, 0) is 24.7 Å². The molecule has 1 unspecified atom stereocenters. The van der Waals surface area contributed by atoms with E-state index in [0.29, 0.717) is 5.88 Å². The first-order valence-electron chi connectivity index (χ1n) is 3.87. The molecule has 1 aromatic rings. The number of alkyl halides is 1. The summed E-state index contributed by atoms with van der Waals surface area (Å²) in [5.74, 6) is 0.0215. The van der Waals surface area contributed by atoms with Gasteiger partial charge in [-0.1, -0.05) is 17.7 Å². The summed E-state index contributed by atoms with van der Waals surface area (Å²) in [4.78, 5) is 0. The van der Waals surface area contributed by atoms with Crippen molar-refractivity contribution in [1.29, 1.82) is 0 Å². The molecule has 0 amide bonds. The zero-order valence-electron chi connectivity index (χ0n) is 7.15. The topological polar surface area (TPSA) is 12.0 Å². The van der Waals surface area contributed by atoms with Gasteiger partial charge in [0.25, 0.3) is 0 Å². The van der Waals surface area contributed by atoms with Gasteiger partial charge in [-0.2, -0.15) is 0 Å². The number of benzene rings is 1. The van der Waals surface area contributed by atoms with Crippen LogP contribution in [0.5, 0.6) is 0 Å². The molecule has 1 rings (SSSR count). The molecule has 1 N–H and O–H groups in total. The molecule has 1 atom stereocenters. The first-order valence-corrected chi connectivity index (χ1v) is 4.78. The van der Waals surface area contributed by atoms with Gasteiger partial charge < -0.3 is 5.32 Å². The third-order valence-electron chi connectivity index (χ3n) is 1.85. The van der Waals surface area contributed by atoms with Crippen molar-refractivity contribution in [1.82, 2.24) is 5.32 Å². The molecule has 0 saturated carbocycles. The zero-order chi connectivity index (χ0) is 9.84. The van der Waals surface area contributed by atoms with Crippen molar-refractivity contribution in [2.24, 2.45) is 0 Å². The summed E-state index contributed by atoms with van der Waals surface area (Å²) < 4.78 is 12.8. The van der Waals surface area contributed by atoms with Gasteiger partial charge in [0.1, 0.15) is 5.82 Å². The van der Waals surface area contributed by atoms with E-state index in [-0.39, 0.29) is 11.1 Å². The first kappa shape index (κ1) is 10.8. The highest BCUT2D eigenvalue weighted by molar-refractivity contribution is 6.30. The normalized spacial score (nSPS) is 12.9. The highest BCUT2D eigenvalue weighted by Crippen LogP contribution is 2.21. The van der Waals surface area contributed by atoms with E-state index in [2.05, 4.69) is 5.32 Å². The molecule has 1 nitrogen and oxygen atoms in total. The van der Waals surface area contributed by atoms with Crippen LogP contribution in [0.3, 0.4) is 0 Å². The summed E-state index contributed by atoms with van der Waals surface area (Å²) in [6.07, 6.45) is 0. The zero-order valence-corrected chi connectivity index (χ0v) is 8.66. The van der Waals surface area contributed by atoms with Crippen LogP contribution in [0.1, 0.15) is 11.6 Å². The van der Waals surface area contributed by atoms with Crippen molar-refractivity contribution in [2.45, 2.75) is 6.04 Å². The second kappa shape index (κ2) is 4.80. The van der Waals surface area contributed by atoms with Crippen LogP contribution >= 0.6 is 23.2 Å². The van der Waals surface area contributed by atoms with Crippen molar-refractivity contribution in [3.05, 3.63) is 34.6 Å². The fraction of sp³-hybridized carbons (Fsp3) is 0.333. The minimum atomic E-state index is -0.408. The van der Waals surface area contributed by atoms with E-state index < -0.39 is 5.82 Å². The lowest BCUT2D eigenvalue weighted by atomic mass is 10.1. The maximum absolute atomic E-state index is 12.8. The van der Waals surface area contributed by atoms with Gasteiger partial charge in [0.05, 0.1) is 5.02 Å². The van der Waals surface area contributed by atoms with Crippen molar-refractivity contribution in [3.63, 3.8) is 0 Å². The SMILES string of the molecule is CNC(CCl)c1ccc(F)c(Cl)c1. The van der Waals surface area contributed by atoms with Crippen LogP contribution in [0.4, 0.5) is 4.39 Å². The number of rotatable bonds is 3. The molecule has 0 aliphatic rings. The standard InChI is InChI=1S/C9H10Cl2FN/c1-13-9(5-10)6-2-3-8(12)7(11)4-6/h2-4,9,13H,5H2,1H3. The van der Waals surface area contributed by atoms with Crippen molar-refractivity contribution < 1.29 is 4.39 Å². The van der Waals surface area contributed by atoms with E-state index in [0.717, 1.165) is 5.56 Å². The second-order valence-corrected chi connectivity index (χ2v) is 3.38. The molecule has 0 fully saturated rings. The van der Waals surface area contributed by atoms with Gasteiger partial charge in [0.2, 0.25) is 0 Å². The van der Waals surface area contributed by atoms with Crippen LogP contribution in [0.2, 0.25) is 5.02 Å². The van der Waals surface area contributed by atoms with Crippen LogP contribution in [0.15, 0.2) is 18.2 Å². The van der Waals surface area contributed by atoms with Gasteiger partial charge in [0.15, 0.2) is 0 Å². The maximum atomic E-state index is 12.8. The van der Waals surface area contributed by atoms with Crippen LogP contribution in [-0.4, -0.2) is 12.9 Å². The maximum Gasteiger partial charge on any atom is 0.141 e. The molecule has 0 heterocycles. The molecule has 0 aromatic heterocycles. The lowest BCUT2D eigenvalue weighted by Gasteiger charge is -2.13. The fourth-order valence-electron chi connectivity index (χ4n) is 1.06. The van der Waals surface area contributed by atoms with Gasteiger partial charge in [-0.15, -0.1) is 11.6 Å². The third-order valence-corrected chi connectivity index (χ3v) is 2.45. The van der Waals surface area contributed by atoms with Crippen LogP contribution in [0.25, 0.3) is 0 Å². The molecule has 0 aliphatic carbocycles. The predicted octanol–water partition coefficient (Wildman–Crippen LogP) is 2.98. The Hall–Kier alpha value is -0.310. The molecule has 72 valence electrons. The number of nitrogens with one attached hydrogen (secondary N) is 1. The van der Waals surface area contributed by atoms with Crippen LogP contribution < -0.4 is 5.32 Å². The quantitative estimate of drug-likeness (QED) is 0.775. The Morgan fingerprint density at radius 3 is 2.69 bits per heavy atom. The van der Waals surface area contributed by atoms with Crippen molar-refractivity contribution in [2.75, 3.05) is 12.9 Å². The van der Waals surface area contributed by atoms with E-state index >= 15 is 0 Å². The highest BCUT2D eigenvalue weighted by atomic mass is 35.5. The molecule has 13 heavy (non-hydrogen) atoms. The van der Waals surface area contributed by atoms with E-state index in [9.17, 15) is 4.39 Å². The highest BCUT2D eigenvalue weighted by Gasteiger charge is 2.09. The molecule has 4 heteroatoms. The Kier molecular flexibility index (Phi) is 3.97.